The molecule has 0 amide bonds. The van der Waals surface area contributed by atoms with E-state index in [1.807, 2.05) is 55.5 Å². The molecule has 1 aliphatic heterocycles. The number of thiazole rings is 1. The Balaban J connectivity index is 1.83. The van der Waals surface area contributed by atoms with Gasteiger partial charge in [-0.1, -0.05) is 47.7 Å². The highest BCUT2D eigenvalue weighted by atomic mass is 32.1. The van der Waals surface area contributed by atoms with E-state index in [4.69, 9.17) is 14.1 Å². The van der Waals surface area contributed by atoms with Crippen LogP contribution in [-0.4, -0.2) is 22.1 Å². The number of aryl methyl sites for hydroxylation is 1. The molecule has 0 radical (unpaired) electrons. The molecule has 1 atom stereocenters. The second kappa shape index (κ2) is 9.07. The third-order valence-corrected chi connectivity index (χ3v) is 6.37. The lowest BCUT2D eigenvalue weighted by Gasteiger charge is -2.24. The molecule has 170 valence electrons. The molecule has 0 aliphatic carbocycles. The highest BCUT2D eigenvalue weighted by Crippen LogP contribution is 2.35. The van der Waals surface area contributed by atoms with Crippen molar-refractivity contribution in [2.24, 2.45) is 4.99 Å². The van der Waals surface area contributed by atoms with Gasteiger partial charge in [0.05, 0.1) is 22.4 Å². The van der Waals surface area contributed by atoms with Gasteiger partial charge in [0.2, 0.25) is 0 Å². The lowest BCUT2D eigenvalue weighted by Crippen LogP contribution is -2.39. The van der Waals surface area contributed by atoms with Gasteiger partial charge < -0.3 is 9.15 Å². The predicted octanol–water partition coefficient (Wildman–Crippen LogP) is 3.23. The molecular weight excluding hydrogens is 450 g/mol. The fourth-order valence-corrected chi connectivity index (χ4v) is 4.92. The first-order chi connectivity index (χ1) is 16.6. The monoisotopic (exact) mass is 471 g/mol. The molecule has 0 spiro atoms. The number of rotatable bonds is 5. The zero-order valence-corrected chi connectivity index (χ0v) is 19.4. The molecule has 1 aliphatic rings. The average molecular weight is 472 g/mol. The number of esters is 1. The van der Waals surface area contributed by atoms with Crippen LogP contribution in [0.15, 0.2) is 86.8 Å². The van der Waals surface area contributed by atoms with E-state index in [9.17, 15) is 9.59 Å². The fraction of sp³-hybridized carbons (Fsp3) is 0.154. The van der Waals surface area contributed by atoms with Gasteiger partial charge in [0, 0.05) is 18.0 Å². The predicted molar refractivity (Wildman–Crippen MR) is 129 cm³/mol. The lowest BCUT2D eigenvalue weighted by molar-refractivity contribution is -0.139. The van der Waals surface area contributed by atoms with Gasteiger partial charge >= 0.3 is 5.97 Å². The summed E-state index contributed by atoms with van der Waals surface area (Å²) in [6.07, 6.45) is 5.14. The molecule has 0 saturated carbocycles. The normalized spacial score (nSPS) is 15.7. The molecule has 3 aromatic heterocycles. The SMILES string of the molecule is CCOC(=O)C1=C(c2ccccc2)N=c2sc(=Cc3cccnc3)c(=O)n2C1c1ccc(C)o1. The molecule has 34 heavy (non-hydrogen) atoms. The number of fused-ring (bicyclic) bond motifs is 1. The quantitative estimate of drug-likeness (QED) is 0.417. The fourth-order valence-electron chi connectivity index (χ4n) is 3.92. The highest BCUT2D eigenvalue weighted by Gasteiger charge is 2.36. The zero-order chi connectivity index (χ0) is 23.7. The number of pyridine rings is 1. The number of carbonyl (C=O) groups is 1. The van der Waals surface area contributed by atoms with Crippen molar-refractivity contribution in [3.63, 3.8) is 0 Å². The largest absolute Gasteiger partial charge is 0.464 e. The van der Waals surface area contributed by atoms with Gasteiger partial charge in [-0.05, 0) is 43.7 Å². The highest BCUT2D eigenvalue weighted by molar-refractivity contribution is 7.07. The first kappa shape index (κ1) is 21.8. The van der Waals surface area contributed by atoms with Crippen LogP contribution in [0.1, 0.15) is 35.6 Å². The second-order valence-corrected chi connectivity index (χ2v) is 8.68. The van der Waals surface area contributed by atoms with Crippen LogP contribution in [0.5, 0.6) is 0 Å². The van der Waals surface area contributed by atoms with Gasteiger partial charge in [-0.15, -0.1) is 0 Å². The molecule has 0 saturated heterocycles. The molecule has 4 heterocycles. The van der Waals surface area contributed by atoms with Crippen LogP contribution in [0.2, 0.25) is 0 Å². The van der Waals surface area contributed by atoms with Crippen LogP contribution >= 0.6 is 11.3 Å². The van der Waals surface area contributed by atoms with Gasteiger partial charge in [-0.2, -0.15) is 0 Å². The van der Waals surface area contributed by atoms with E-state index in [1.54, 1.807) is 31.5 Å². The van der Waals surface area contributed by atoms with E-state index < -0.39 is 12.0 Å². The lowest BCUT2D eigenvalue weighted by atomic mass is 9.97. The standard InChI is InChI=1S/C26H21N3O4S/c1-3-32-25(31)21-22(18-9-5-4-6-10-18)28-26-29(23(21)19-12-11-16(2)33-19)24(30)20(34-26)14-17-8-7-13-27-15-17/h4-15,23H,3H2,1-2H3. The number of hydrogen-bond acceptors (Lipinski definition) is 7. The molecule has 7 nitrogen and oxygen atoms in total. The number of nitrogens with zero attached hydrogens (tertiary/aromatic N) is 3. The maximum absolute atomic E-state index is 13.6. The third kappa shape index (κ3) is 3.92. The van der Waals surface area contributed by atoms with Crippen LogP contribution in [0, 0.1) is 6.92 Å². The van der Waals surface area contributed by atoms with Crippen molar-refractivity contribution in [2.75, 3.05) is 6.61 Å². The Kier molecular flexibility index (Phi) is 5.81. The summed E-state index contributed by atoms with van der Waals surface area (Å²) in [5.74, 6) is 0.609. The Hall–Kier alpha value is -4.04. The summed E-state index contributed by atoms with van der Waals surface area (Å²) in [6, 6.07) is 15.9. The van der Waals surface area contributed by atoms with Crippen molar-refractivity contribution in [3.05, 3.63) is 115 Å². The van der Waals surface area contributed by atoms with Gasteiger partial charge in [0.15, 0.2) is 4.80 Å². The topological polar surface area (TPSA) is 86.7 Å². The first-order valence-electron chi connectivity index (χ1n) is 10.8. The van der Waals surface area contributed by atoms with E-state index in [-0.39, 0.29) is 17.7 Å². The maximum Gasteiger partial charge on any atom is 0.338 e. The second-order valence-electron chi connectivity index (χ2n) is 7.67. The van der Waals surface area contributed by atoms with E-state index >= 15 is 0 Å². The number of aromatic nitrogens is 2. The molecule has 0 N–H and O–H groups in total. The summed E-state index contributed by atoms with van der Waals surface area (Å²) in [5, 5.41) is 0. The molecular formula is C26H21N3O4S. The van der Waals surface area contributed by atoms with Gasteiger partial charge in [-0.3, -0.25) is 14.3 Å². The van der Waals surface area contributed by atoms with Crippen molar-refractivity contribution >= 4 is 29.1 Å². The Morgan fingerprint density at radius 2 is 2.00 bits per heavy atom. The minimum atomic E-state index is -0.810. The third-order valence-electron chi connectivity index (χ3n) is 5.39. The molecule has 1 aromatic carbocycles. The summed E-state index contributed by atoms with van der Waals surface area (Å²) in [4.78, 5) is 36.3. The molecule has 0 bridgehead atoms. The van der Waals surface area contributed by atoms with Crippen LogP contribution in [0.3, 0.4) is 0 Å². The van der Waals surface area contributed by atoms with Gasteiger partial charge in [0.1, 0.15) is 17.6 Å². The Bertz CT molecular complexity index is 1560. The van der Waals surface area contributed by atoms with E-state index in [0.29, 0.717) is 26.6 Å². The number of ether oxygens (including phenoxy) is 1. The van der Waals surface area contributed by atoms with Crippen LogP contribution in [0.4, 0.5) is 0 Å². The summed E-state index contributed by atoms with van der Waals surface area (Å²) in [6.45, 7) is 3.76. The Labute approximate surface area is 199 Å². The maximum atomic E-state index is 13.6. The van der Waals surface area contributed by atoms with E-state index in [1.165, 1.54) is 15.9 Å². The summed E-state index contributed by atoms with van der Waals surface area (Å²) < 4.78 is 13.4. The van der Waals surface area contributed by atoms with E-state index in [0.717, 1.165) is 11.1 Å². The molecule has 5 rings (SSSR count). The Morgan fingerprint density at radius 3 is 2.68 bits per heavy atom. The van der Waals surface area contributed by atoms with Crippen LogP contribution < -0.4 is 14.9 Å². The summed E-state index contributed by atoms with van der Waals surface area (Å²) >= 11 is 1.26. The van der Waals surface area contributed by atoms with E-state index in [2.05, 4.69) is 4.98 Å². The van der Waals surface area contributed by atoms with Crippen molar-refractivity contribution in [2.45, 2.75) is 19.9 Å². The summed E-state index contributed by atoms with van der Waals surface area (Å²) in [7, 11) is 0. The van der Waals surface area contributed by atoms with Gasteiger partial charge in [-0.25, -0.2) is 9.79 Å². The van der Waals surface area contributed by atoms with Crippen molar-refractivity contribution < 1.29 is 13.9 Å². The average Bonchev–Trinajstić information content (AvgIpc) is 3.42. The van der Waals surface area contributed by atoms with Crippen molar-refractivity contribution in [1.29, 1.82) is 0 Å². The number of hydrogen-bond donors (Lipinski definition) is 0. The molecule has 8 heteroatoms. The van der Waals surface area contributed by atoms with Crippen LogP contribution in [0.25, 0.3) is 11.8 Å². The van der Waals surface area contributed by atoms with Crippen LogP contribution in [-0.2, 0) is 9.53 Å². The minimum Gasteiger partial charge on any atom is -0.464 e. The number of carbonyl (C=O) groups excluding carboxylic acids is 1. The molecule has 1 unspecified atom stereocenters. The number of benzene rings is 1. The Morgan fingerprint density at radius 1 is 1.18 bits per heavy atom. The first-order valence-corrected chi connectivity index (χ1v) is 11.6. The number of furan rings is 1. The molecule has 0 fully saturated rings. The van der Waals surface area contributed by atoms with Crippen molar-refractivity contribution in [1.82, 2.24) is 9.55 Å². The summed E-state index contributed by atoms with van der Waals surface area (Å²) in [5.41, 5.74) is 2.02. The zero-order valence-electron chi connectivity index (χ0n) is 18.6. The minimum absolute atomic E-state index is 0.194. The smallest absolute Gasteiger partial charge is 0.338 e. The molecule has 4 aromatic rings. The van der Waals surface area contributed by atoms with Crippen molar-refractivity contribution in [3.8, 4) is 0 Å². The van der Waals surface area contributed by atoms with Gasteiger partial charge in [0.25, 0.3) is 5.56 Å².